The highest BCUT2D eigenvalue weighted by atomic mass is 79.9. The highest BCUT2D eigenvalue weighted by molar-refractivity contribution is 9.10. The van der Waals surface area contributed by atoms with E-state index in [0.717, 1.165) is 0 Å². The van der Waals surface area contributed by atoms with E-state index < -0.39 is 11.9 Å². The van der Waals surface area contributed by atoms with Crippen molar-refractivity contribution in [3.8, 4) is 0 Å². The number of nitrogens with zero attached hydrogens (tertiary/aromatic N) is 2. The van der Waals surface area contributed by atoms with Crippen molar-refractivity contribution >= 4 is 27.5 Å². The normalized spacial score (nSPS) is 10.6. The van der Waals surface area contributed by atoms with Gasteiger partial charge >= 0.3 is 5.97 Å². The molecule has 0 bridgehead atoms. The second kappa shape index (κ2) is 3.62. The van der Waals surface area contributed by atoms with Crippen LogP contribution >= 0.6 is 15.9 Å². The maximum atomic E-state index is 13.6. The summed E-state index contributed by atoms with van der Waals surface area (Å²) in [5.41, 5.74) is 0.0479. The molecule has 0 N–H and O–H groups in total. The van der Waals surface area contributed by atoms with Gasteiger partial charge in [-0.15, -0.1) is 0 Å². The Balaban J connectivity index is 2.69. The largest absolute Gasteiger partial charge is 0.464 e. The number of hydrogen-bond donors (Lipinski definition) is 0. The van der Waals surface area contributed by atoms with Gasteiger partial charge < -0.3 is 4.74 Å². The highest BCUT2D eigenvalue weighted by Gasteiger charge is 2.19. The van der Waals surface area contributed by atoms with Crippen molar-refractivity contribution in [2.45, 2.75) is 0 Å². The van der Waals surface area contributed by atoms with Gasteiger partial charge in [0.1, 0.15) is 5.65 Å². The summed E-state index contributed by atoms with van der Waals surface area (Å²) in [4.78, 5) is 15.0. The fourth-order valence-corrected chi connectivity index (χ4v) is 1.55. The zero-order chi connectivity index (χ0) is 11.0. The first kappa shape index (κ1) is 10.1. The Labute approximate surface area is 92.8 Å². The third-order valence-corrected chi connectivity index (χ3v) is 2.37. The van der Waals surface area contributed by atoms with Gasteiger partial charge in [-0.3, -0.25) is 4.40 Å². The minimum absolute atomic E-state index is 0.310. The minimum Gasteiger partial charge on any atom is -0.464 e. The van der Waals surface area contributed by atoms with Crippen LogP contribution in [-0.4, -0.2) is 22.5 Å². The summed E-state index contributed by atoms with van der Waals surface area (Å²) in [6.45, 7) is 0. The van der Waals surface area contributed by atoms with E-state index in [4.69, 9.17) is 0 Å². The number of halogens is 2. The topological polar surface area (TPSA) is 43.6 Å². The number of esters is 1. The first-order valence-corrected chi connectivity index (χ1v) is 4.84. The molecule has 0 aliphatic rings. The maximum Gasteiger partial charge on any atom is 0.361 e. The van der Waals surface area contributed by atoms with Crippen LogP contribution < -0.4 is 0 Å². The third kappa shape index (κ3) is 1.61. The minimum atomic E-state index is -0.785. The molecule has 4 nitrogen and oxygen atoms in total. The molecule has 0 amide bonds. The van der Waals surface area contributed by atoms with Gasteiger partial charge in [-0.2, -0.15) is 4.39 Å². The van der Waals surface area contributed by atoms with Gasteiger partial charge in [0.25, 0.3) is 0 Å². The Kier molecular flexibility index (Phi) is 2.44. The van der Waals surface area contributed by atoms with E-state index in [2.05, 4.69) is 25.7 Å². The van der Waals surface area contributed by atoms with Crippen LogP contribution in [0.2, 0.25) is 0 Å². The molecule has 0 saturated carbocycles. The van der Waals surface area contributed by atoms with E-state index in [1.54, 1.807) is 12.1 Å². The zero-order valence-electron chi connectivity index (χ0n) is 7.70. The fourth-order valence-electron chi connectivity index (χ4n) is 1.22. The van der Waals surface area contributed by atoms with Crippen molar-refractivity contribution in [1.29, 1.82) is 0 Å². The van der Waals surface area contributed by atoms with Crippen LogP contribution in [0.5, 0.6) is 0 Å². The zero-order valence-corrected chi connectivity index (χ0v) is 9.28. The predicted octanol–water partition coefficient (Wildman–Crippen LogP) is 2.02. The second-order valence-electron chi connectivity index (χ2n) is 2.82. The van der Waals surface area contributed by atoms with Crippen molar-refractivity contribution < 1.29 is 13.9 Å². The summed E-state index contributed by atoms with van der Waals surface area (Å²) in [6.07, 6.45) is 1.49. The van der Waals surface area contributed by atoms with Gasteiger partial charge in [-0.05, 0) is 28.1 Å². The van der Waals surface area contributed by atoms with Crippen molar-refractivity contribution in [3.63, 3.8) is 0 Å². The summed E-state index contributed by atoms with van der Waals surface area (Å²) < 4.78 is 19.9. The maximum absolute atomic E-state index is 13.6. The second-order valence-corrected chi connectivity index (χ2v) is 3.73. The number of imidazole rings is 1. The van der Waals surface area contributed by atoms with Gasteiger partial charge in [0.2, 0.25) is 11.6 Å². The average Bonchev–Trinajstić information content (AvgIpc) is 2.55. The Morgan fingerprint density at radius 2 is 2.33 bits per heavy atom. The van der Waals surface area contributed by atoms with Crippen LogP contribution in [-0.2, 0) is 4.74 Å². The number of ether oxygens (including phenoxy) is 1. The van der Waals surface area contributed by atoms with Crippen LogP contribution in [0, 0.1) is 5.95 Å². The van der Waals surface area contributed by atoms with Gasteiger partial charge in [-0.25, -0.2) is 9.78 Å². The van der Waals surface area contributed by atoms with Crippen molar-refractivity contribution in [2.75, 3.05) is 7.11 Å². The number of pyridine rings is 1. The highest BCUT2D eigenvalue weighted by Crippen LogP contribution is 2.16. The lowest BCUT2D eigenvalue weighted by Gasteiger charge is -1.94. The van der Waals surface area contributed by atoms with E-state index in [0.29, 0.717) is 10.1 Å². The lowest BCUT2D eigenvalue weighted by atomic mass is 10.5. The SMILES string of the molecule is COC(=O)c1nc2ccc(Br)cn2c1F. The molecule has 0 saturated heterocycles. The molecule has 2 aromatic heterocycles. The number of fused-ring (bicyclic) bond motifs is 1. The van der Waals surface area contributed by atoms with Crippen molar-refractivity contribution in [3.05, 3.63) is 34.4 Å². The number of rotatable bonds is 1. The number of aromatic nitrogens is 2. The molecule has 15 heavy (non-hydrogen) atoms. The molecule has 0 aliphatic heterocycles. The first-order valence-electron chi connectivity index (χ1n) is 4.05. The third-order valence-electron chi connectivity index (χ3n) is 1.90. The molecular formula is C9H6BrFN2O2. The standard InChI is InChI=1S/C9H6BrFN2O2/c1-15-9(14)7-8(11)13-4-5(10)2-3-6(13)12-7/h2-4H,1H3. The molecular weight excluding hydrogens is 267 g/mol. The van der Waals surface area contributed by atoms with E-state index in [1.807, 2.05) is 0 Å². The molecule has 0 atom stereocenters. The lowest BCUT2D eigenvalue weighted by Crippen LogP contribution is -2.04. The van der Waals surface area contributed by atoms with Gasteiger partial charge in [0.15, 0.2) is 0 Å². The molecule has 0 fully saturated rings. The van der Waals surface area contributed by atoms with Crippen LogP contribution in [0.4, 0.5) is 4.39 Å². The summed E-state index contributed by atoms with van der Waals surface area (Å²) >= 11 is 3.20. The van der Waals surface area contributed by atoms with E-state index in [1.165, 1.54) is 17.7 Å². The molecule has 6 heteroatoms. The molecule has 0 spiro atoms. The molecule has 0 aliphatic carbocycles. The summed E-state index contributed by atoms with van der Waals surface area (Å²) in [5.74, 6) is -1.51. The molecule has 2 heterocycles. The van der Waals surface area contributed by atoms with Crippen LogP contribution in [0.3, 0.4) is 0 Å². The number of carbonyl (C=O) groups excluding carboxylic acids is 1. The smallest absolute Gasteiger partial charge is 0.361 e. The van der Waals surface area contributed by atoms with Crippen molar-refractivity contribution in [1.82, 2.24) is 9.38 Å². The number of methoxy groups -OCH3 is 1. The monoisotopic (exact) mass is 272 g/mol. The van der Waals surface area contributed by atoms with E-state index in [9.17, 15) is 9.18 Å². The predicted molar refractivity (Wildman–Crippen MR) is 54.2 cm³/mol. The summed E-state index contributed by atoms with van der Waals surface area (Å²) in [6, 6.07) is 3.31. The molecule has 0 aromatic carbocycles. The van der Waals surface area contributed by atoms with Crippen molar-refractivity contribution in [2.24, 2.45) is 0 Å². The van der Waals surface area contributed by atoms with Crippen LogP contribution in [0.25, 0.3) is 5.65 Å². The molecule has 2 aromatic rings. The number of carbonyl (C=O) groups is 1. The van der Waals surface area contributed by atoms with E-state index in [-0.39, 0.29) is 5.69 Å². The summed E-state index contributed by atoms with van der Waals surface area (Å²) in [5, 5.41) is 0. The lowest BCUT2D eigenvalue weighted by molar-refractivity contribution is 0.0589. The molecule has 0 unspecified atom stereocenters. The van der Waals surface area contributed by atoms with Crippen LogP contribution in [0.15, 0.2) is 22.8 Å². The van der Waals surface area contributed by atoms with Gasteiger partial charge in [-0.1, -0.05) is 0 Å². The Morgan fingerprint density at radius 1 is 1.60 bits per heavy atom. The van der Waals surface area contributed by atoms with Crippen LogP contribution in [0.1, 0.15) is 10.5 Å². The quantitative estimate of drug-likeness (QED) is 0.746. The van der Waals surface area contributed by atoms with E-state index >= 15 is 0 Å². The fraction of sp³-hybridized carbons (Fsp3) is 0.111. The molecule has 78 valence electrons. The molecule has 2 rings (SSSR count). The molecule has 0 radical (unpaired) electrons. The Bertz CT molecular complexity index is 538. The van der Waals surface area contributed by atoms with Gasteiger partial charge in [0, 0.05) is 10.7 Å². The first-order chi connectivity index (χ1) is 7.13. The van der Waals surface area contributed by atoms with Gasteiger partial charge in [0.05, 0.1) is 7.11 Å². The number of hydrogen-bond acceptors (Lipinski definition) is 3. The Hall–Kier alpha value is -1.43. The Morgan fingerprint density at radius 3 is 3.00 bits per heavy atom. The average molecular weight is 273 g/mol. The summed E-state index contributed by atoms with van der Waals surface area (Å²) in [7, 11) is 1.18.